The van der Waals surface area contributed by atoms with Crippen LogP contribution < -0.4 is 0 Å². The molecule has 0 spiro atoms. The Hall–Kier alpha value is -1.17. The van der Waals surface area contributed by atoms with E-state index in [1.54, 1.807) is 0 Å². The van der Waals surface area contributed by atoms with Gasteiger partial charge in [0.05, 0.1) is 12.3 Å². The number of nitrogens with zero attached hydrogens (tertiary/aromatic N) is 1. The van der Waals surface area contributed by atoms with E-state index in [1.807, 2.05) is 6.07 Å². The minimum Gasteiger partial charge on any atom is -0.305 e. The highest BCUT2D eigenvalue weighted by Crippen LogP contribution is 1.84. The zero-order chi connectivity index (χ0) is 6.41. The number of ketones is 1. The van der Waals surface area contributed by atoms with Gasteiger partial charge < -0.3 is 5.41 Å². The largest absolute Gasteiger partial charge is 0.305 e. The highest BCUT2D eigenvalue weighted by molar-refractivity contribution is 6.26. The van der Waals surface area contributed by atoms with E-state index < -0.39 is 0 Å². The molecule has 0 saturated carbocycles. The summed E-state index contributed by atoms with van der Waals surface area (Å²) in [6.07, 6.45) is 1.13. The Labute approximate surface area is 47.4 Å². The molecule has 0 rings (SSSR count). The fraction of sp³-hybridized carbons (Fsp3) is 0.400. The highest BCUT2D eigenvalue weighted by Gasteiger charge is 1.92. The van der Waals surface area contributed by atoms with E-state index in [-0.39, 0.29) is 18.6 Å². The molecule has 0 amide bonds. The van der Waals surface area contributed by atoms with Crippen molar-refractivity contribution in [3.8, 4) is 6.07 Å². The Balaban J connectivity index is 3.28. The molecule has 0 aliphatic heterocycles. The molecule has 3 heteroatoms. The molecule has 42 valence electrons. The van der Waals surface area contributed by atoms with E-state index in [0.717, 1.165) is 6.21 Å². The van der Waals surface area contributed by atoms with Crippen LogP contribution in [0.15, 0.2) is 0 Å². The molecule has 0 aromatic carbocycles. The van der Waals surface area contributed by atoms with Crippen LogP contribution in [0.3, 0.4) is 0 Å². The summed E-state index contributed by atoms with van der Waals surface area (Å²) in [4.78, 5) is 10.2. The standard InChI is InChI=1S/C5H6N2O/c6-3-1-2-5(8)4-7/h4,7H,1-2H2. The third kappa shape index (κ3) is 3.04. The number of hydrogen-bond donors (Lipinski definition) is 1. The maximum Gasteiger partial charge on any atom is 0.174 e. The van der Waals surface area contributed by atoms with Gasteiger partial charge in [0, 0.05) is 12.8 Å². The number of rotatable bonds is 3. The van der Waals surface area contributed by atoms with Crippen molar-refractivity contribution >= 4 is 12.0 Å². The SMILES string of the molecule is N#CCCC(=O)C=N. The van der Waals surface area contributed by atoms with Crippen LogP contribution >= 0.6 is 0 Å². The van der Waals surface area contributed by atoms with Gasteiger partial charge in [-0.25, -0.2) is 0 Å². The van der Waals surface area contributed by atoms with Crippen LogP contribution in [0.4, 0.5) is 0 Å². The Morgan fingerprint density at radius 2 is 2.50 bits per heavy atom. The molecule has 0 bridgehead atoms. The van der Waals surface area contributed by atoms with Crippen LogP contribution in [0.5, 0.6) is 0 Å². The number of carbonyl (C=O) groups is 1. The highest BCUT2D eigenvalue weighted by atomic mass is 16.1. The Kier molecular flexibility index (Phi) is 3.42. The molecule has 0 aliphatic rings. The van der Waals surface area contributed by atoms with Crippen molar-refractivity contribution in [1.29, 1.82) is 10.7 Å². The van der Waals surface area contributed by atoms with Crippen molar-refractivity contribution in [1.82, 2.24) is 0 Å². The number of Topliss-reactive ketones (excluding diaryl/α,β-unsaturated/α-hetero) is 1. The molecular formula is C5H6N2O. The first-order valence-corrected chi connectivity index (χ1v) is 2.21. The van der Waals surface area contributed by atoms with Crippen LogP contribution in [0.2, 0.25) is 0 Å². The lowest BCUT2D eigenvalue weighted by molar-refractivity contribution is -0.112. The summed E-state index contributed by atoms with van der Waals surface area (Å²) in [6.45, 7) is 0. The van der Waals surface area contributed by atoms with Crippen molar-refractivity contribution in [3.05, 3.63) is 0 Å². The molecule has 0 saturated heterocycles. The molecule has 0 aromatic rings. The molecule has 0 aromatic heterocycles. The predicted octanol–water partition coefficient (Wildman–Crippen LogP) is 0.509. The van der Waals surface area contributed by atoms with Gasteiger partial charge in [0.25, 0.3) is 0 Å². The van der Waals surface area contributed by atoms with E-state index in [9.17, 15) is 4.79 Å². The molecule has 0 heterocycles. The van der Waals surface area contributed by atoms with Crippen molar-refractivity contribution in [2.75, 3.05) is 0 Å². The van der Waals surface area contributed by atoms with E-state index in [4.69, 9.17) is 10.7 Å². The van der Waals surface area contributed by atoms with E-state index in [0.29, 0.717) is 0 Å². The number of carbonyl (C=O) groups excluding carboxylic acids is 1. The van der Waals surface area contributed by atoms with Gasteiger partial charge in [-0.15, -0.1) is 0 Å². The van der Waals surface area contributed by atoms with Crippen LogP contribution in [-0.2, 0) is 4.79 Å². The average molecular weight is 110 g/mol. The summed E-state index contributed by atoms with van der Waals surface area (Å²) in [6, 6.07) is 1.81. The lowest BCUT2D eigenvalue weighted by Crippen LogP contribution is -1.95. The fourth-order valence-corrected chi connectivity index (χ4v) is 0.251. The van der Waals surface area contributed by atoms with Gasteiger partial charge in [-0.2, -0.15) is 5.26 Å². The number of hydrogen-bond acceptors (Lipinski definition) is 3. The minimum atomic E-state index is -0.286. The summed E-state index contributed by atoms with van der Waals surface area (Å²) in [5.74, 6) is -0.286. The Bertz CT molecular complexity index is 134. The van der Waals surface area contributed by atoms with Crippen molar-refractivity contribution in [2.45, 2.75) is 12.8 Å². The van der Waals surface area contributed by atoms with Crippen molar-refractivity contribution < 1.29 is 4.79 Å². The van der Waals surface area contributed by atoms with Gasteiger partial charge >= 0.3 is 0 Å². The predicted molar refractivity (Wildman–Crippen MR) is 28.6 cm³/mol. The summed E-state index contributed by atoms with van der Waals surface area (Å²) >= 11 is 0. The first kappa shape index (κ1) is 6.83. The first-order valence-electron chi connectivity index (χ1n) is 2.21. The van der Waals surface area contributed by atoms with Crippen LogP contribution in [-0.4, -0.2) is 12.0 Å². The molecule has 8 heavy (non-hydrogen) atoms. The third-order valence-electron chi connectivity index (χ3n) is 0.644. The van der Waals surface area contributed by atoms with Gasteiger partial charge in [0.1, 0.15) is 0 Å². The Morgan fingerprint density at radius 3 is 2.88 bits per heavy atom. The summed E-state index contributed by atoms with van der Waals surface area (Å²) in [7, 11) is 0. The Morgan fingerprint density at radius 1 is 1.88 bits per heavy atom. The molecule has 1 N–H and O–H groups in total. The van der Waals surface area contributed by atoms with Gasteiger partial charge in [0.15, 0.2) is 5.78 Å². The maximum absolute atomic E-state index is 10.2. The molecule has 0 fully saturated rings. The van der Waals surface area contributed by atoms with Crippen LogP contribution in [0.25, 0.3) is 0 Å². The zero-order valence-corrected chi connectivity index (χ0v) is 4.35. The van der Waals surface area contributed by atoms with Crippen molar-refractivity contribution in [3.63, 3.8) is 0 Å². The van der Waals surface area contributed by atoms with Gasteiger partial charge in [-0.3, -0.25) is 4.79 Å². The molecule has 3 nitrogen and oxygen atoms in total. The van der Waals surface area contributed by atoms with Gasteiger partial charge in [-0.1, -0.05) is 0 Å². The van der Waals surface area contributed by atoms with Crippen LogP contribution in [0, 0.1) is 16.7 Å². The number of nitrogens with one attached hydrogen (secondary N) is 1. The fourth-order valence-electron chi connectivity index (χ4n) is 0.251. The molecule has 0 radical (unpaired) electrons. The minimum absolute atomic E-state index is 0.181. The number of nitriles is 1. The van der Waals surface area contributed by atoms with E-state index >= 15 is 0 Å². The van der Waals surface area contributed by atoms with Crippen molar-refractivity contribution in [2.24, 2.45) is 0 Å². The molecule has 0 atom stereocenters. The quantitative estimate of drug-likeness (QED) is 0.538. The average Bonchev–Trinajstić information content (AvgIpc) is 1.83. The van der Waals surface area contributed by atoms with Crippen LogP contribution in [0.1, 0.15) is 12.8 Å². The second-order valence-electron chi connectivity index (χ2n) is 1.27. The lowest BCUT2D eigenvalue weighted by atomic mass is 10.2. The third-order valence-corrected chi connectivity index (χ3v) is 0.644. The smallest absolute Gasteiger partial charge is 0.174 e. The molecular weight excluding hydrogens is 104 g/mol. The van der Waals surface area contributed by atoms with E-state index in [1.165, 1.54) is 0 Å². The molecule has 0 aliphatic carbocycles. The summed E-state index contributed by atoms with van der Waals surface area (Å²) in [5, 5.41) is 14.3. The maximum atomic E-state index is 10.2. The zero-order valence-electron chi connectivity index (χ0n) is 4.35. The summed E-state index contributed by atoms with van der Waals surface area (Å²) in [5.41, 5.74) is 0. The molecule has 0 unspecified atom stereocenters. The lowest BCUT2D eigenvalue weighted by Gasteiger charge is -1.80. The summed E-state index contributed by atoms with van der Waals surface area (Å²) < 4.78 is 0. The monoisotopic (exact) mass is 110 g/mol. The normalized spacial score (nSPS) is 7.38. The second-order valence-corrected chi connectivity index (χ2v) is 1.27. The van der Waals surface area contributed by atoms with E-state index in [2.05, 4.69) is 0 Å². The van der Waals surface area contributed by atoms with Gasteiger partial charge in [0.2, 0.25) is 0 Å². The topological polar surface area (TPSA) is 64.7 Å². The second kappa shape index (κ2) is 4.00. The first-order chi connectivity index (χ1) is 3.81. The van der Waals surface area contributed by atoms with Gasteiger partial charge in [-0.05, 0) is 0 Å².